The van der Waals surface area contributed by atoms with Crippen molar-refractivity contribution in [2.24, 2.45) is 11.0 Å². The Hall–Kier alpha value is -1.47. The molecule has 0 saturated carbocycles. The van der Waals surface area contributed by atoms with E-state index in [9.17, 15) is 10.2 Å². The average Bonchev–Trinajstić information content (AvgIpc) is 2.85. The summed E-state index contributed by atoms with van der Waals surface area (Å²) in [5, 5.41) is 25.9. The molecule has 1 unspecified atom stereocenters. The van der Waals surface area contributed by atoms with Crippen LogP contribution in [-0.2, 0) is 11.4 Å². The van der Waals surface area contributed by atoms with E-state index in [1.807, 2.05) is 30.2 Å². The predicted octanol–water partition coefficient (Wildman–Crippen LogP) is 2.32. The monoisotopic (exact) mass is 363 g/mol. The number of hydroxylamine groups is 2. The fourth-order valence-corrected chi connectivity index (χ4v) is 4.04. The van der Waals surface area contributed by atoms with Crippen LogP contribution in [0.3, 0.4) is 0 Å². The van der Waals surface area contributed by atoms with E-state index < -0.39 is 11.7 Å². The van der Waals surface area contributed by atoms with Gasteiger partial charge in [0.05, 0.1) is 24.5 Å². The highest BCUT2D eigenvalue weighted by Gasteiger charge is 2.53. The van der Waals surface area contributed by atoms with E-state index in [0.29, 0.717) is 25.3 Å². The molecule has 1 aromatic carbocycles. The van der Waals surface area contributed by atoms with E-state index in [1.165, 1.54) is 0 Å². The first-order chi connectivity index (χ1) is 12.3. The maximum absolute atomic E-state index is 10.2. The fraction of sp³-hybridized carbons (Fsp3) is 0.650. The van der Waals surface area contributed by atoms with E-state index in [0.717, 1.165) is 12.0 Å². The standard InChI is InChI=1S/C20H33N3O3/c1-16(2)10-20(11-18(25)13-24)14-19(3,15-22-21-4)26-23(20)12-17-8-6-5-7-9-17/h5-9,15-16,18,21,24-25H,10-14H2,1-4H3/b22-15+/t18?,19-,20+/m1/s1. The van der Waals surface area contributed by atoms with Crippen LogP contribution in [0.15, 0.2) is 35.4 Å². The summed E-state index contributed by atoms with van der Waals surface area (Å²) >= 11 is 0. The third-order valence-corrected chi connectivity index (χ3v) is 4.78. The number of nitrogens with zero attached hydrogens (tertiary/aromatic N) is 2. The van der Waals surface area contributed by atoms with Crippen molar-refractivity contribution in [3.05, 3.63) is 35.9 Å². The van der Waals surface area contributed by atoms with Gasteiger partial charge in [-0.15, -0.1) is 0 Å². The molecule has 1 aromatic rings. The Kier molecular flexibility index (Phi) is 7.17. The second-order valence-electron chi connectivity index (χ2n) is 7.95. The Morgan fingerprint density at radius 1 is 1.31 bits per heavy atom. The molecular formula is C20H33N3O3. The Labute approximate surface area is 156 Å². The molecule has 0 bridgehead atoms. The van der Waals surface area contributed by atoms with Gasteiger partial charge in [0.2, 0.25) is 0 Å². The Balaban J connectivity index is 2.37. The number of aliphatic hydroxyl groups is 2. The van der Waals surface area contributed by atoms with Crippen molar-refractivity contribution in [3.63, 3.8) is 0 Å². The van der Waals surface area contributed by atoms with Gasteiger partial charge in [-0.25, -0.2) is 0 Å². The van der Waals surface area contributed by atoms with Crippen LogP contribution < -0.4 is 5.43 Å². The van der Waals surface area contributed by atoms with Gasteiger partial charge in [-0.1, -0.05) is 44.2 Å². The summed E-state index contributed by atoms with van der Waals surface area (Å²) in [6.07, 6.45) is 3.03. The van der Waals surface area contributed by atoms with Crippen molar-refractivity contribution in [2.75, 3.05) is 13.7 Å². The quantitative estimate of drug-likeness (QED) is 0.464. The summed E-state index contributed by atoms with van der Waals surface area (Å²) in [4.78, 5) is 6.37. The lowest BCUT2D eigenvalue weighted by Crippen LogP contribution is -2.46. The van der Waals surface area contributed by atoms with Gasteiger partial charge in [-0.3, -0.25) is 4.84 Å². The minimum absolute atomic E-state index is 0.250. The van der Waals surface area contributed by atoms with Gasteiger partial charge in [0.15, 0.2) is 0 Å². The highest BCUT2D eigenvalue weighted by molar-refractivity contribution is 5.68. The van der Waals surface area contributed by atoms with Crippen molar-refractivity contribution in [2.45, 2.75) is 63.8 Å². The Morgan fingerprint density at radius 2 is 2.00 bits per heavy atom. The van der Waals surface area contributed by atoms with Crippen molar-refractivity contribution in [3.8, 4) is 0 Å². The van der Waals surface area contributed by atoms with E-state index in [-0.39, 0.29) is 12.1 Å². The highest BCUT2D eigenvalue weighted by atomic mass is 16.7. The Bertz CT molecular complexity index is 581. The number of nitrogens with one attached hydrogen (secondary N) is 1. The van der Waals surface area contributed by atoms with E-state index in [1.54, 1.807) is 13.3 Å². The zero-order chi connectivity index (χ0) is 19.2. The number of benzene rings is 1. The molecule has 0 radical (unpaired) electrons. The maximum Gasteiger partial charge on any atom is 0.126 e. The van der Waals surface area contributed by atoms with Gasteiger partial charge in [0.1, 0.15) is 5.60 Å². The number of rotatable bonds is 9. The van der Waals surface area contributed by atoms with E-state index in [4.69, 9.17) is 4.84 Å². The van der Waals surface area contributed by atoms with Crippen molar-refractivity contribution < 1.29 is 15.1 Å². The van der Waals surface area contributed by atoms with E-state index >= 15 is 0 Å². The van der Waals surface area contributed by atoms with Crippen LogP contribution in [0.2, 0.25) is 0 Å². The second kappa shape index (κ2) is 8.95. The van der Waals surface area contributed by atoms with Gasteiger partial charge in [0, 0.05) is 20.0 Å². The molecule has 1 heterocycles. The first-order valence-electron chi connectivity index (χ1n) is 9.33. The van der Waals surface area contributed by atoms with E-state index in [2.05, 4.69) is 36.5 Å². The normalized spacial score (nSPS) is 28.1. The van der Waals surface area contributed by atoms with Crippen molar-refractivity contribution in [1.29, 1.82) is 0 Å². The minimum atomic E-state index is -0.779. The van der Waals surface area contributed by atoms with Crippen molar-refractivity contribution >= 4 is 6.21 Å². The van der Waals surface area contributed by atoms with Crippen LogP contribution >= 0.6 is 0 Å². The molecule has 26 heavy (non-hydrogen) atoms. The number of aliphatic hydroxyl groups excluding tert-OH is 2. The summed E-state index contributed by atoms with van der Waals surface area (Å²) in [7, 11) is 1.76. The molecule has 6 heteroatoms. The fourth-order valence-electron chi connectivity index (χ4n) is 4.04. The molecule has 0 spiro atoms. The number of hydrazone groups is 1. The van der Waals surface area contributed by atoms with Crippen LogP contribution in [0, 0.1) is 5.92 Å². The molecule has 0 amide bonds. The molecular weight excluding hydrogens is 330 g/mol. The largest absolute Gasteiger partial charge is 0.394 e. The number of hydrogen-bond acceptors (Lipinski definition) is 6. The SMILES string of the molecule is CN/N=C/[C@@]1(C)C[C@](CC(C)C)(CC(O)CO)N(Cc2ccccc2)O1. The maximum atomic E-state index is 10.2. The van der Waals surface area contributed by atoms with Gasteiger partial charge in [0.25, 0.3) is 0 Å². The summed E-state index contributed by atoms with van der Waals surface area (Å²) in [6, 6.07) is 10.2. The predicted molar refractivity (Wildman–Crippen MR) is 104 cm³/mol. The third-order valence-electron chi connectivity index (χ3n) is 4.78. The molecule has 3 atom stereocenters. The lowest BCUT2D eigenvalue weighted by atomic mass is 9.77. The van der Waals surface area contributed by atoms with Crippen LogP contribution in [0.25, 0.3) is 0 Å². The molecule has 0 aromatic heterocycles. The highest BCUT2D eigenvalue weighted by Crippen LogP contribution is 2.45. The smallest absolute Gasteiger partial charge is 0.126 e. The summed E-state index contributed by atoms with van der Waals surface area (Å²) in [6.45, 7) is 6.73. The Morgan fingerprint density at radius 3 is 2.58 bits per heavy atom. The average molecular weight is 364 g/mol. The molecule has 1 aliphatic heterocycles. The van der Waals surface area contributed by atoms with Gasteiger partial charge >= 0.3 is 0 Å². The van der Waals surface area contributed by atoms with Gasteiger partial charge in [-0.05, 0) is 31.2 Å². The third kappa shape index (κ3) is 5.27. The van der Waals surface area contributed by atoms with Gasteiger partial charge < -0.3 is 15.6 Å². The molecule has 146 valence electrons. The lowest BCUT2D eigenvalue weighted by Gasteiger charge is -2.39. The lowest BCUT2D eigenvalue weighted by molar-refractivity contribution is -0.214. The summed E-state index contributed by atoms with van der Waals surface area (Å²) in [5.41, 5.74) is 2.99. The van der Waals surface area contributed by atoms with Crippen molar-refractivity contribution in [1.82, 2.24) is 10.5 Å². The molecule has 1 aliphatic rings. The summed E-state index contributed by atoms with van der Waals surface area (Å²) < 4.78 is 0. The molecule has 6 nitrogen and oxygen atoms in total. The zero-order valence-electron chi connectivity index (χ0n) is 16.4. The molecule has 3 N–H and O–H groups in total. The first kappa shape index (κ1) is 20.8. The molecule has 2 rings (SSSR count). The first-order valence-corrected chi connectivity index (χ1v) is 9.33. The molecule has 0 aliphatic carbocycles. The van der Waals surface area contributed by atoms with Crippen LogP contribution in [-0.4, -0.2) is 52.4 Å². The van der Waals surface area contributed by atoms with Crippen LogP contribution in [0.1, 0.15) is 45.6 Å². The number of hydrogen-bond donors (Lipinski definition) is 3. The van der Waals surface area contributed by atoms with Crippen LogP contribution in [0.4, 0.5) is 0 Å². The van der Waals surface area contributed by atoms with Crippen LogP contribution in [0.5, 0.6) is 0 Å². The molecule has 1 fully saturated rings. The molecule has 1 saturated heterocycles. The van der Waals surface area contributed by atoms with Gasteiger partial charge in [-0.2, -0.15) is 10.2 Å². The topological polar surface area (TPSA) is 77.3 Å². The zero-order valence-corrected chi connectivity index (χ0v) is 16.4. The second-order valence-corrected chi connectivity index (χ2v) is 7.95. The summed E-state index contributed by atoms with van der Waals surface area (Å²) in [5.74, 6) is 0.423. The minimum Gasteiger partial charge on any atom is -0.394 e.